The molecule has 0 unspecified atom stereocenters. The molecule has 0 atom stereocenters. The van der Waals surface area contributed by atoms with E-state index in [-0.39, 0.29) is 5.41 Å². The summed E-state index contributed by atoms with van der Waals surface area (Å²) in [5.74, 6) is -0.311. The van der Waals surface area contributed by atoms with Crippen molar-refractivity contribution < 1.29 is 9.90 Å². The lowest BCUT2D eigenvalue weighted by Crippen LogP contribution is -2.19. The number of hydrogen-bond acceptors (Lipinski definition) is 1. The summed E-state index contributed by atoms with van der Waals surface area (Å²) in [6.45, 7) is 12.1. The first kappa shape index (κ1) is 12.2. The average molecular weight is 184 g/mol. The van der Waals surface area contributed by atoms with Gasteiger partial charge >= 0.3 is 5.97 Å². The van der Waals surface area contributed by atoms with Gasteiger partial charge in [0, 0.05) is 5.57 Å². The van der Waals surface area contributed by atoms with E-state index in [1.54, 1.807) is 0 Å². The van der Waals surface area contributed by atoms with Crippen LogP contribution in [0.2, 0.25) is 0 Å². The molecule has 0 aliphatic heterocycles. The first-order chi connectivity index (χ1) is 5.77. The zero-order valence-electron chi connectivity index (χ0n) is 9.05. The molecule has 0 aromatic carbocycles. The van der Waals surface area contributed by atoms with E-state index in [0.717, 1.165) is 6.42 Å². The Bertz CT molecular complexity index is 202. The van der Waals surface area contributed by atoms with Crippen LogP contribution in [0.4, 0.5) is 0 Å². The molecular weight excluding hydrogens is 164 g/mol. The summed E-state index contributed by atoms with van der Waals surface area (Å²) < 4.78 is 0. The van der Waals surface area contributed by atoms with Gasteiger partial charge in [0.05, 0.1) is 0 Å². The van der Waals surface area contributed by atoms with Gasteiger partial charge in [0.25, 0.3) is 0 Å². The zero-order valence-corrected chi connectivity index (χ0v) is 9.05. The predicted octanol–water partition coefficient (Wildman–Crippen LogP) is 3.09. The number of carboxylic acid groups (broad SMARTS) is 1. The molecule has 76 valence electrons. The maximum absolute atomic E-state index is 10.5. The van der Waals surface area contributed by atoms with Gasteiger partial charge in [-0.1, -0.05) is 34.3 Å². The van der Waals surface area contributed by atoms with Gasteiger partial charge in [-0.3, -0.25) is 0 Å². The fraction of sp³-hybridized carbons (Fsp3) is 0.727. The Morgan fingerprint density at radius 2 is 1.92 bits per heavy atom. The van der Waals surface area contributed by atoms with E-state index < -0.39 is 5.97 Å². The van der Waals surface area contributed by atoms with Gasteiger partial charge < -0.3 is 5.11 Å². The molecule has 2 nitrogen and oxygen atoms in total. The van der Waals surface area contributed by atoms with Gasteiger partial charge in [-0.2, -0.15) is 0 Å². The van der Waals surface area contributed by atoms with E-state index >= 15 is 0 Å². The van der Waals surface area contributed by atoms with Crippen molar-refractivity contribution in [2.24, 2.45) is 11.3 Å². The van der Waals surface area contributed by atoms with Gasteiger partial charge in [0.15, 0.2) is 0 Å². The predicted molar refractivity (Wildman–Crippen MR) is 54.6 cm³/mol. The third kappa shape index (κ3) is 4.11. The van der Waals surface area contributed by atoms with Gasteiger partial charge in [0.1, 0.15) is 0 Å². The smallest absolute Gasteiger partial charge is 0.330 e. The minimum atomic E-state index is -0.875. The highest BCUT2D eigenvalue weighted by Crippen LogP contribution is 2.32. The van der Waals surface area contributed by atoms with Crippen molar-refractivity contribution in [3.05, 3.63) is 12.2 Å². The summed E-state index contributed by atoms with van der Waals surface area (Å²) in [6.07, 6.45) is 1.47. The molecule has 0 rings (SSSR count). The molecule has 0 amide bonds. The second kappa shape index (κ2) is 4.45. The molecule has 0 bridgehead atoms. The highest BCUT2D eigenvalue weighted by atomic mass is 16.4. The minimum absolute atomic E-state index is 0.193. The summed E-state index contributed by atoms with van der Waals surface area (Å²) in [4.78, 5) is 10.5. The third-order valence-corrected chi connectivity index (χ3v) is 2.94. The molecule has 0 aromatic rings. The first-order valence-electron chi connectivity index (χ1n) is 4.68. The van der Waals surface area contributed by atoms with Crippen LogP contribution in [0.25, 0.3) is 0 Å². The van der Waals surface area contributed by atoms with E-state index in [9.17, 15) is 4.79 Å². The Labute approximate surface area is 80.7 Å². The molecule has 0 fully saturated rings. The minimum Gasteiger partial charge on any atom is -0.478 e. The van der Waals surface area contributed by atoms with E-state index in [1.807, 2.05) is 0 Å². The number of carboxylic acids is 1. The van der Waals surface area contributed by atoms with Crippen molar-refractivity contribution in [2.75, 3.05) is 0 Å². The molecule has 0 aromatic heterocycles. The standard InChI is InChI=1S/C11H20O2/c1-8(2)11(4,5)7-6-9(3)10(12)13/h8H,3,6-7H2,1-2,4-5H3,(H,12,13). The third-order valence-electron chi connectivity index (χ3n) is 2.94. The van der Waals surface area contributed by atoms with Crippen molar-refractivity contribution in [1.82, 2.24) is 0 Å². The van der Waals surface area contributed by atoms with Crippen molar-refractivity contribution >= 4 is 5.97 Å². The summed E-state index contributed by atoms with van der Waals surface area (Å²) in [7, 11) is 0. The molecule has 0 saturated carbocycles. The van der Waals surface area contributed by atoms with Crippen LogP contribution in [-0.2, 0) is 4.79 Å². The van der Waals surface area contributed by atoms with Crippen LogP contribution in [0.5, 0.6) is 0 Å². The number of hydrogen-bond donors (Lipinski definition) is 1. The lowest BCUT2D eigenvalue weighted by atomic mass is 9.77. The topological polar surface area (TPSA) is 37.3 Å². The summed E-state index contributed by atoms with van der Waals surface area (Å²) in [6, 6.07) is 0. The first-order valence-corrected chi connectivity index (χ1v) is 4.68. The molecule has 2 heteroatoms. The van der Waals surface area contributed by atoms with E-state index in [0.29, 0.717) is 17.9 Å². The van der Waals surface area contributed by atoms with Crippen molar-refractivity contribution in [3.8, 4) is 0 Å². The Hall–Kier alpha value is -0.790. The van der Waals surface area contributed by atoms with Crippen LogP contribution in [0, 0.1) is 11.3 Å². The van der Waals surface area contributed by atoms with Crippen molar-refractivity contribution in [1.29, 1.82) is 0 Å². The van der Waals surface area contributed by atoms with Crippen molar-refractivity contribution in [3.63, 3.8) is 0 Å². The van der Waals surface area contributed by atoms with Crippen LogP contribution in [-0.4, -0.2) is 11.1 Å². The van der Waals surface area contributed by atoms with Crippen LogP contribution in [0.3, 0.4) is 0 Å². The molecule has 1 N–H and O–H groups in total. The van der Waals surface area contributed by atoms with Gasteiger partial charge in [-0.15, -0.1) is 0 Å². The second-order valence-electron chi connectivity index (χ2n) is 4.55. The molecule has 0 radical (unpaired) electrons. The molecule has 0 spiro atoms. The van der Waals surface area contributed by atoms with Crippen LogP contribution < -0.4 is 0 Å². The molecule has 0 aliphatic rings. The Kier molecular flexibility index (Phi) is 4.18. The lowest BCUT2D eigenvalue weighted by Gasteiger charge is -2.29. The average Bonchev–Trinajstić information content (AvgIpc) is 1.99. The van der Waals surface area contributed by atoms with Crippen LogP contribution in [0.15, 0.2) is 12.2 Å². The van der Waals surface area contributed by atoms with Gasteiger partial charge in [-0.25, -0.2) is 4.79 Å². The fourth-order valence-electron chi connectivity index (χ4n) is 0.869. The summed E-state index contributed by atoms with van der Waals surface area (Å²) in [5, 5.41) is 8.62. The molecule has 0 aliphatic carbocycles. The van der Waals surface area contributed by atoms with Gasteiger partial charge in [-0.05, 0) is 24.2 Å². The van der Waals surface area contributed by atoms with Gasteiger partial charge in [0.2, 0.25) is 0 Å². The van der Waals surface area contributed by atoms with E-state index in [2.05, 4.69) is 34.3 Å². The number of carbonyl (C=O) groups is 1. The quantitative estimate of drug-likeness (QED) is 0.667. The van der Waals surface area contributed by atoms with E-state index in [1.165, 1.54) is 0 Å². The zero-order chi connectivity index (χ0) is 10.6. The Balaban J connectivity index is 4.02. The maximum Gasteiger partial charge on any atom is 0.330 e. The second-order valence-corrected chi connectivity index (χ2v) is 4.55. The highest BCUT2D eigenvalue weighted by Gasteiger charge is 2.22. The fourth-order valence-corrected chi connectivity index (χ4v) is 0.869. The lowest BCUT2D eigenvalue weighted by molar-refractivity contribution is -0.132. The maximum atomic E-state index is 10.5. The summed E-state index contributed by atoms with van der Waals surface area (Å²) >= 11 is 0. The molecule has 13 heavy (non-hydrogen) atoms. The normalized spacial score (nSPS) is 11.8. The highest BCUT2D eigenvalue weighted by molar-refractivity contribution is 5.85. The number of aliphatic carboxylic acids is 1. The van der Waals surface area contributed by atoms with Crippen molar-refractivity contribution in [2.45, 2.75) is 40.5 Å². The van der Waals surface area contributed by atoms with Crippen LogP contribution in [0.1, 0.15) is 40.5 Å². The van der Waals surface area contributed by atoms with Crippen LogP contribution >= 0.6 is 0 Å². The molecule has 0 heterocycles. The SMILES string of the molecule is C=C(CCC(C)(C)C(C)C)C(=O)O. The Morgan fingerprint density at radius 1 is 1.46 bits per heavy atom. The van der Waals surface area contributed by atoms with E-state index in [4.69, 9.17) is 5.11 Å². The number of rotatable bonds is 5. The molecule has 0 saturated heterocycles. The largest absolute Gasteiger partial charge is 0.478 e. The Morgan fingerprint density at radius 3 is 2.23 bits per heavy atom. The monoisotopic (exact) mass is 184 g/mol. The molecular formula is C11H20O2. The summed E-state index contributed by atoms with van der Waals surface area (Å²) in [5.41, 5.74) is 0.506.